The molecule has 1 unspecified atom stereocenters. The fraction of sp³-hybridized carbons (Fsp3) is 1.00. The van der Waals surface area contributed by atoms with Crippen molar-refractivity contribution < 1.29 is 14.9 Å². The summed E-state index contributed by atoms with van der Waals surface area (Å²) in [7, 11) is 3.83. The average Bonchev–Trinajstić information content (AvgIpc) is 2.10. The second-order valence-corrected chi connectivity index (χ2v) is 3.76. The summed E-state index contributed by atoms with van der Waals surface area (Å²) in [5.41, 5.74) is 0. The van der Waals surface area contributed by atoms with Crippen LogP contribution in [-0.2, 0) is 9.84 Å². The van der Waals surface area contributed by atoms with Crippen molar-refractivity contribution in [3.63, 3.8) is 0 Å². The van der Waals surface area contributed by atoms with Gasteiger partial charge in [0.15, 0.2) is 0 Å². The van der Waals surface area contributed by atoms with Crippen LogP contribution in [0.5, 0.6) is 0 Å². The molecule has 0 rings (SSSR count). The van der Waals surface area contributed by atoms with E-state index in [1.807, 2.05) is 19.0 Å². The molecule has 0 aromatic rings. The van der Waals surface area contributed by atoms with Crippen LogP contribution >= 0.6 is 0 Å². The Balaban J connectivity index is 3.10. The van der Waals surface area contributed by atoms with Crippen LogP contribution < -0.4 is 0 Å². The first-order valence-electron chi connectivity index (χ1n) is 5.15. The molecule has 0 saturated carbocycles. The predicted octanol–water partition coefficient (Wildman–Crippen LogP) is 0.526. The average molecular weight is 204 g/mol. The van der Waals surface area contributed by atoms with Gasteiger partial charge in [-0.3, -0.25) is 0 Å². The highest BCUT2D eigenvalue weighted by molar-refractivity contribution is 4.56. The number of hydrogen-bond acceptors (Lipinski definition) is 3. The zero-order chi connectivity index (χ0) is 10.8. The summed E-state index contributed by atoms with van der Waals surface area (Å²) in [4.78, 5) is 1.92. The van der Waals surface area contributed by atoms with E-state index >= 15 is 0 Å². The van der Waals surface area contributed by atoms with E-state index in [0.717, 1.165) is 19.3 Å². The van der Waals surface area contributed by atoms with Gasteiger partial charge in [-0.25, -0.2) is 5.11 Å². The smallest absolute Gasteiger partial charge is 0.0899 e. The molecule has 0 spiro atoms. The third-order valence-corrected chi connectivity index (χ3v) is 1.82. The molecule has 0 aliphatic rings. The zero-order valence-electron chi connectivity index (χ0n) is 9.24. The quantitative estimate of drug-likeness (QED) is 0.557. The Morgan fingerprint density at radius 3 is 2.57 bits per heavy atom. The number of hydrogen-bond donors (Lipinski definition) is 1. The van der Waals surface area contributed by atoms with Gasteiger partial charge in [0.1, 0.15) is 0 Å². The van der Waals surface area contributed by atoms with E-state index in [4.69, 9.17) is 4.74 Å². The molecule has 1 atom stereocenters. The van der Waals surface area contributed by atoms with Crippen molar-refractivity contribution in [3.8, 4) is 0 Å². The lowest BCUT2D eigenvalue weighted by molar-refractivity contribution is 0.0224. The summed E-state index contributed by atoms with van der Waals surface area (Å²) >= 11 is 0. The molecule has 0 aliphatic carbocycles. The van der Waals surface area contributed by atoms with E-state index in [2.05, 4.69) is 0 Å². The molecule has 0 saturated heterocycles. The van der Waals surface area contributed by atoms with Crippen LogP contribution in [-0.4, -0.2) is 56.6 Å². The third-order valence-electron chi connectivity index (χ3n) is 1.82. The molecule has 0 heterocycles. The fourth-order valence-electron chi connectivity index (χ4n) is 1.18. The largest absolute Gasteiger partial charge is 0.389 e. The van der Waals surface area contributed by atoms with Crippen molar-refractivity contribution in [2.45, 2.75) is 25.4 Å². The summed E-state index contributed by atoms with van der Waals surface area (Å²) < 4.78 is 5.26. The van der Waals surface area contributed by atoms with Crippen LogP contribution in [0.3, 0.4) is 0 Å². The fourth-order valence-corrected chi connectivity index (χ4v) is 1.18. The maximum absolute atomic E-state index is 10.1. The lowest BCUT2D eigenvalue weighted by atomic mass is 10.2. The second kappa shape index (κ2) is 9.40. The highest BCUT2D eigenvalue weighted by Gasteiger charge is 2.04. The van der Waals surface area contributed by atoms with Crippen LogP contribution in [0.2, 0.25) is 0 Å². The Hall–Kier alpha value is -0.160. The Morgan fingerprint density at radius 1 is 1.29 bits per heavy atom. The molecule has 0 fully saturated rings. The minimum Gasteiger partial charge on any atom is -0.389 e. The summed E-state index contributed by atoms with van der Waals surface area (Å²) in [5, 5.41) is 19.5. The molecule has 1 N–H and O–H groups in total. The molecule has 85 valence electrons. The molecule has 0 aromatic carbocycles. The van der Waals surface area contributed by atoms with Gasteiger partial charge in [-0.1, -0.05) is 0 Å². The molecular formula is C10H22NO3. The third kappa shape index (κ3) is 9.92. The number of aliphatic hydroxyl groups is 1. The van der Waals surface area contributed by atoms with Crippen molar-refractivity contribution in [2.24, 2.45) is 0 Å². The van der Waals surface area contributed by atoms with Gasteiger partial charge in [-0.05, 0) is 33.4 Å². The first kappa shape index (κ1) is 13.8. The Bertz CT molecular complexity index is 120. The molecule has 0 bridgehead atoms. The van der Waals surface area contributed by atoms with Crippen LogP contribution in [0.15, 0.2) is 0 Å². The minimum absolute atomic E-state index is 0.00323. The van der Waals surface area contributed by atoms with Crippen LogP contribution in [0.4, 0.5) is 0 Å². The highest BCUT2D eigenvalue weighted by atomic mass is 16.5. The summed E-state index contributed by atoms with van der Waals surface area (Å²) in [6.07, 6.45) is 2.15. The number of unbranched alkanes of at least 4 members (excludes halogenated alkanes) is 2. The van der Waals surface area contributed by atoms with E-state index in [1.54, 1.807) is 0 Å². The second-order valence-electron chi connectivity index (χ2n) is 3.76. The van der Waals surface area contributed by atoms with E-state index < -0.39 is 6.10 Å². The minimum atomic E-state index is -0.412. The van der Waals surface area contributed by atoms with Crippen molar-refractivity contribution in [1.82, 2.24) is 4.90 Å². The van der Waals surface area contributed by atoms with Crippen LogP contribution in [0.25, 0.3) is 0 Å². The van der Waals surface area contributed by atoms with Crippen molar-refractivity contribution in [1.29, 1.82) is 0 Å². The first-order chi connectivity index (χ1) is 6.66. The summed E-state index contributed by atoms with van der Waals surface area (Å²) in [6, 6.07) is 0. The normalized spacial score (nSPS) is 13.5. The molecular weight excluding hydrogens is 182 g/mol. The van der Waals surface area contributed by atoms with Gasteiger partial charge in [-0.15, -0.1) is 0 Å². The Labute approximate surface area is 86.5 Å². The number of likely N-dealkylation sites (N-methyl/N-ethyl adjacent to an activating group) is 1. The van der Waals surface area contributed by atoms with E-state index in [-0.39, 0.29) is 6.61 Å². The monoisotopic (exact) mass is 204 g/mol. The van der Waals surface area contributed by atoms with Gasteiger partial charge in [0.05, 0.1) is 19.3 Å². The molecule has 4 heteroatoms. The van der Waals surface area contributed by atoms with Crippen molar-refractivity contribution in [2.75, 3.05) is 40.5 Å². The van der Waals surface area contributed by atoms with Crippen molar-refractivity contribution in [3.05, 3.63) is 0 Å². The topological polar surface area (TPSA) is 52.6 Å². The number of aliphatic hydroxyl groups excluding tert-OH is 1. The predicted molar refractivity (Wildman–Crippen MR) is 54.8 cm³/mol. The number of rotatable bonds is 9. The number of ether oxygens (including phenoxy) is 1. The maximum atomic E-state index is 10.1. The zero-order valence-corrected chi connectivity index (χ0v) is 9.24. The lowest BCUT2D eigenvalue weighted by Gasteiger charge is -2.15. The summed E-state index contributed by atoms with van der Waals surface area (Å²) in [5.74, 6) is 0. The molecule has 4 nitrogen and oxygen atoms in total. The lowest BCUT2D eigenvalue weighted by Crippen LogP contribution is -2.29. The molecule has 0 amide bonds. The van der Waals surface area contributed by atoms with Gasteiger partial charge in [-0.2, -0.15) is 0 Å². The highest BCUT2D eigenvalue weighted by Crippen LogP contribution is 1.96. The van der Waals surface area contributed by atoms with E-state index in [9.17, 15) is 10.2 Å². The first-order valence-corrected chi connectivity index (χ1v) is 5.15. The molecule has 0 aliphatic heterocycles. The van der Waals surface area contributed by atoms with Gasteiger partial charge < -0.3 is 14.7 Å². The molecule has 14 heavy (non-hydrogen) atoms. The molecule has 0 aromatic heterocycles. The maximum Gasteiger partial charge on any atom is 0.0899 e. The Kier molecular flexibility index (Phi) is 9.29. The van der Waals surface area contributed by atoms with Gasteiger partial charge in [0, 0.05) is 13.2 Å². The van der Waals surface area contributed by atoms with Gasteiger partial charge in [0.2, 0.25) is 0 Å². The Morgan fingerprint density at radius 2 is 2.00 bits per heavy atom. The van der Waals surface area contributed by atoms with Crippen LogP contribution in [0.1, 0.15) is 19.3 Å². The molecule has 1 radical (unpaired) electrons. The standard InChI is InChI=1S/C10H22NO3/c1-11(2)8-10(13)9-14-7-5-3-4-6-12/h10,13H,3-9H2,1-2H3. The van der Waals surface area contributed by atoms with Gasteiger partial charge in [0.25, 0.3) is 0 Å². The number of nitrogens with zero attached hydrogens (tertiary/aromatic N) is 1. The summed E-state index contributed by atoms with van der Waals surface area (Å²) in [6.45, 7) is 1.66. The van der Waals surface area contributed by atoms with Crippen molar-refractivity contribution >= 4 is 0 Å². The van der Waals surface area contributed by atoms with Gasteiger partial charge >= 0.3 is 0 Å². The van der Waals surface area contributed by atoms with E-state index in [1.165, 1.54) is 0 Å². The van der Waals surface area contributed by atoms with E-state index in [0.29, 0.717) is 19.8 Å². The SMILES string of the molecule is CN(C)CC(O)COCCCCC[O]. The van der Waals surface area contributed by atoms with Crippen LogP contribution in [0, 0.1) is 0 Å².